The second-order valence-electron chi connectivity index (χ2n) is 4.08. The molecule has 0 unspecified atom stereocenters. The number of non-ortho nitro benzene ring substituents is 1. The van der Waals surface area contributed by atoms with Gasteiger partial charge in [-0.05, 0) is 19.9 Å². The zero-order valence-electron chi connectivity index (χ0n) is 11.7. The molecule has 0 aromatic heterocycles. The van der Waals surface area contributed by atoms with E-state index in [2.05, 4.69) is 0 Å². The highest BCUT2D eigenvalue weighted by atomic mass is 35.5. The minimum Gasteiger partial charge on any atom is -0.465 e. The number of hydrogen-bond donors (Lipinski definition) is 0. The Labute approximate surface area is 126 Å². The van der Waals surface area contributed by atoms with Gasteiger partial charge in [-0.25, -0.2) is 0 Å². The monoisotopic (exact) mass is 314 g/mol. The summed E-state index contributed by atoms with van der Waals surface area (Å²) in [7, 11) is 0. The molecule has 7 nitrogen and oxygen atoms in total. The summed E-state index contributed by atoms with van der Waals surface area (Å²) < 4.78 is 4.78. The Kier molecular flexibility index (Phi) is 6.10. The van der Waals surface area contributed by atoms with E-state index in [1.165, 1.54) is 11.0 Å². The van der Waals surface area contributed by atoms with E-state index < -0.39 is 16.8 Å². The van der Waals surface area contributed by atoms with E-state index in [0.29, 0.717) is 0 Å². The van der Waals surface area contributed by atoms with Gasteiger partial charge < -0.3 is 9.64 Å². The fraction of sp³-hybridized carbons (Fsp3) is 0.385. The maximum atomic E-state index is 12.3. The lowest BCUT2D eigenvalue weighted by molar-refractivity contribution is -0.384. The molecule has 0 fully saturated rings. The third kappa shape index (κ3) is 4.71. The number of likely N-dealkylation sites (N-methyl/N-ethyl adjacent to an activating group) is 1. The fourth-order valence-corrected chi connectivity index (χ4v) is 1.90. The molecule has 0 aliphatic rings. The summed E-state index contributed by atoms with van der Waals surface area (Å²) in [5, 5.41) is 10.9. The number of amides is 1. The highest BCUT2D eigenvalue weighted by molar-refractivity contribution is 6.31. The van der Waals surface area contributed by atoms with Crippen LogP contribution in [0, 0.1) is 10.1 Å². The van der Waals surface area contributed by atoms with Gasteiger partial charge in [-0.2, -0.15) is 0 Å². The summed E-state index contributed by atoms with van der Waals surface area (Å²) in [6.45, 7) is 3.61. The number of halogens is 1. The molecule has 0 bridgehead atoms. The lowest BCUT2D eigenvalue weighted by atomic mass is 10.1. The van der Waals surface area contributed by atoms with Gasteiger partial charge >= 0.3 is 5.97 Å². The molecule has 1 rings (SSSR count). The predicted molar refractivity (Wildman–Crippen MR) is 76.3 cm³/mol. The smallest absolute Gasteiger partial charge is 0.325 e. The van der Waals surface area contributed by atoms with Gasteiger partial charge in [-0.3, -0.25) is 19.7 Å². The third-order valence-electron chi connectivity index (χ3n) is 2.63. The number of nitrogens with zero attached hydrogens (tertiary/aromatic N) is 2. The van der Waals surface area contributed by atoms with Gasteiger partial charge in [0.05, 0.1) is 11.5 Å². The van der Waals surface area contributed by atoms with Gasteiger partial charge in [0.15, 0.2) is 0 Å². The van der Waals surface area contributed by atoms with Crippen molar-refractivity contribution < 1.29 is 19.2 Å². The van der Waals surface area contributed by atoms with E-state index in [0.717, 1.165) is 12.1 Å². The van der Waals surface area contributed by atoms with Gasteiger partial charge in [0.25, 0.3) is 11.6 Å². The molecular weight excluding hydrogens is 300 g/mol. The Morgan fingerprint density at radius 1 is 1.33 bits per heavy atom. The summed E-state index contributed by atoms with van der Waals surface area (Å²) in [5.74, 6) is -1.06. The van der Waals surface area contributed by atoms with Crippen molar-refractivity contribution in [2.75, 3.05) is 19.7 Å². The number of rotatable bonds is 6. The number of nitro groups is 1. The van der Waals surface area contributed by atoms with E-state index in [1.54, 1.807) is 13.8 Å². The second kappa shape index (κ2) is 7.58. The second-order valence-corrected chi connectivity index (χ2v) is 4.52. The van der Waals surface area contributed by atoms with Crippen LogP contribution in [0.3, 0.4) is 0 Å². The largest absolute Gasteiger partial charge is 0.465 e. The summed E-state index contributed by atoms with van der Waals surface area (Å²) in [6.07, 6.45) is 0. The van der Waals surface area contributed by atoms with Crippen molar-refractivity contribution in [2.45, 2.75) is 13.8 Å². The van der Waals surface area contributed by atoms with Crippen LogP contribution >= 0.6 is 11.6 Å². The van der Waals surface area contributed by atoms with Crippen LogP contribution in [0.25, 0.3) is 0 Å². The first-order chi connectivity index (χ1) is 9.88. The van der Waals surface area contributed by atoms with Crippen molar-refractivity contribution in [1.29, 1.82) is 0 Å². The van der Waals surface area contributed by atoms with E-state index in [1.807, 2.05) is 0 Å². The number of nitro benzene ring substituents is 1. The first-order valence-corrected chi connectivity index (χ1v) is 6.66. The molecule has 0 saturated carbocycles. The lowest BCUT2D eigenvalue weighted by Gasteiger charge is -2.19. The van der Waals surface area contributed by atoms with E-state index >= 15 is 0 Å². The third-order valence-corrected chi connectivity index (χ3v) is 2.85. The van der Waals surface area contributed by atoms with Crippen LogP contribution < -0.4 is 0 Å². The molecular formula is C13H15ClN2O5. The summed E-state index contributed by atoms with van der Waals surface area (Å²) in [5.41, 5.74) is -0.224. The molecule has 0 spiro atoms. The average Bonchev–Trinajstić information content (AvgIpc) is 2.43. The predicted octanol–water partition coefficient (Wildman–Crippen LogP) is 2.27. The topological polar surface area (TPSA) is 89.8 Å². The maximum absolute atomic E-state index is 12.3. The molecule has 0 atom stereocenters. The number of ether oxygens (including phenoxy) is 1. The quantitative estimate of drug-likeness (QED) is 0.456. The fourth-order valence-electron chi connectivity index (χ4n) is 1.68. The molecule has 8 heteroatoms. The minimum atomic E-state index is -0.635. The minimum absolute atomic E-state index is 0.0559. The van der Waals surface area contributed by atoms with Crippen LogP contribution in [0.2, 0.25) is 5.02 Å². The van der Waals surface area contributed by atoms with Gasteiger partial charge in [0, 0.05) is 29.3 Å². The van der Waals surface area contributed by atoms with Gasteiger partial charge in [0.2, 0.25) is 0 Å². The summed E-state index contributed by atoms with van der Waals surface area (Å²) >= 11 is 5.77. The number of carbonyl (C=O) groups is 2. The van der Waals surface area contributed by atoms with Crippen LogP contribution in [-0.4, -0.2) is 41.4 Å². The molecule has 0 saturated heterocycles. The Hall–Kier alpha value is -2.15. The van der Waals surface area contributed by atoms with Crippen LogP contribution in [-0.2, 0) is 9.53 Å². The van der Waals surface area contributed by atoms with Crippen LogP contribution in [0.5, 0.6) is 0 Å². The molecule has 0 aliphatic carbocycles. The first kappa shape index (κ1) is 16.9. The Morgan fingerprint density at radius 3 is 2.52 bits per heavy atom. The van der Waals surface area contributed by atoms with Crippen LogP contribution in [0.4, 0.5) is 5.69 Å². The molecule has 0 N–H and O–H groups in total. The highest BCUT2D eigenvalue weighted by Gasteiger charge is 2.21. The van der Waals surface area contributed by atoms with Crippen molar-refractivity contribution in [3.05, 3.63) is 38.9 Å². The number of carbonyl (C=O) groups excluding carboxylic acids is 2. The number of benzene rings is 1. The lowest BCUT2D eigenvalue weighted by Crippen LogP contribution is -2.36. The Bertz CT molecular complexity index is 561. The summed E-state index contributed by atoms with van der Waals surface area (Å²) in [4.78, 5) is 35.1. The Balaban J connectivity index is 2.99. The average molecular weight is 315 g/mol. The highest BCUT2D eigenvalue weighted by Crippen LogP contribution is 2.22. The SMILES string of the molecule is CCOC(=O)CN(CC)C(=O)c1cc(Cl)cc([N+](=O)[O-])c1. The number of esters is 1. The van der Waals surface area contributed by atoms with E-state index in [-0.39, 0.29) is 36.0 Å². The van der Waals surface area contributed by atoms with Gasteiger partial charge in [-0.1, -0.05) is 11.6 Å². The zero-order chi connectivity index (χ0) is 16.0. The van der Waals surface area contributed by atoms with Gasteiger partial charge in [-0.15, -0.1) is 0 Å². The Morgan fingerprint density at radius 2 is 2.00 bits per heavy atom. The van der Waals surface area contributed by atoms with Crippen molar-refractivity contribution >= 4 is 29.2 Å². The standard InChI is InChI=1S/C13H15ClN2O5/c1-3-15(8-12(17)21-4-2)13(18)9-5-10(14)7-11(6-9)16(19)20/h5-7H,3-4,8H2,1-2H3. The van der Waals surface area contributed by atoms with E-state index in [4.69, 9.17) is 16.3 Å². The van der Waals surface area contributed by atoms with Crippen molar-refractivity contribution in [2.24, 2.45) is 0 Å². The molecule has 1 amide bonds. The normalized spacial score (nSPS) is 10.0. The van der Waals surface area contributed by atoms with Crippen molar-refractivity contribution in [1.82, 2.24) is 4.90 Å². The molecule has 1 aromatic carbocycles. The van der Waals surface area contributed by atoms with Crippen LogP contribution in [0.15, 0.2) is 18.2 Å². The van der Waals surface area contributed by atoms with Gasteiger partial charge in [0.1, 0.15) is 6.54 Å². The van der Waals surface area contributed by atoms with Crippen molar-refractivity contribution in [3.8, 4) is 0 Å². The molecule has 114 valence electrons. The first-order valence-electron chi connectivity index (χ1n) is 6.28. The van der Waals surface area contributed by atoms with E-state index in [9.17, 15) is 19.7 Å². The van der Waals surface area contributed by atoms with Crippen molar-refractivity contribution in [3.63, 3.8) is 0 Å². The maximum Gasteiger partial charge on any atom is 0.325 e. The molecule has 0 radical (unpaired) electrons. The molecule has 0 aliphatic heterocycles. The molecule has 1 aromatic rings. The molecule has 21 heavy (non-hydrogen) atoms. The molecule has 0 heterocycles. The zero-order valence-corrected chi connectivity index (χ0v) is 12.4. The van der Waals surface area contributed by atoms with Crippen LogP contribution in [0.1, 0.15) is 24.2 Å². The number of hydrogen-bond acceptors (Lipinski definition) is 5. The summed E-state index contributed by atoms with van der Waals surface area (Å²) in [6, 6.07) is 3.60.